The Morgan fingerprint density at radius 2 is 1.78 bits per heavy atom. The van der Waals surface area contributed by atoms with Crippen LogP contribution in [0.2, 0.25) is 0 Å². The number of aryl methyl sites for hydroxylation is 2. The summed E-state index contributed by atoms with van der Waals surface area (Å²) in [7, 11) is 4.71. The largest absolute Gasteiger partial charge is 0.493 e. The van der Waals surface area contributed by atoms with Gasteiger partial charge < -0.3 is 19.5 Å². The molecule has 1 aromatic heterocycles. The van der Waals surface area contributed by atoms with Gasteiger partial charge in [0, 0.05) is 12.1 Å². The highest BCUT2D eigenvalue weighted by Crippen LogP contribution is 2.38. The number of thiazole rings is 1. The number of anilines is 1. The van der Waals surface area contributed by atoms with E-state index in [0.717, 1.165) is 26.5 Å². The summed E-state index contributed by atoms with van der Waals surface area (Å²) >= 11 is 1.61. The highest BCUT2D eigenvalue weighted by Gasteiger charge is 2.14. The van der Waals surface area contributed by atoms with Gasteiger partial charge in [-0.2, -0.15) is 0 Å². The predicted octanol–water partition coefficient (Wildman–Crippen LogP) is 4.20. The van der Waals surface area contributed by atoms with E-state index in [9.17, 15) is 4.79 Å². The van der Waals surface area contributed by atoms with Crippen molar-refractivity contribution in [2.24, 2.45) is 0 Å². The molecule has 1 amide bonds. The number of nitrogens with zero attached hydrogens (tertiary/aromatic N) is 1. The quantitative estimate of drug-likeness (QED) is 0.659. The second kappa shape index (κ2) is 8.26. The van der Waals surface area contributed by atoms with Crippen molar-refractivity contribution < 1.29 is 19.0 Å². The lowest BCUT2D eigenvalue weighted by Gasteiger charge is -2.14. The first kappa shape index (κ1) is 19.0. The number of nitrogens with one attached hydrogen (secondary N) is 1. The molecule has 3 rings (SSSR count). The molecule has 0 saturated carbocycles. The molecule has 1 N–H and O–H groups in total. The van der Waals surface area contributed by atoms with Crippen molar-refractivity contribution in [3.63, 3.8) is 0 Å². The monoisotopic (exact) mass is 386 g/mol. The first-order valence-electron chi connectivity index (χ1n) is 8.50. The van der Waals surface area contributed by atoms with E-state index >= 15 is 0 Å². The molecular formula is C20H22N2O4S. The lowest BCUT2D eigenvalue weighted by Crippen LogP contribution is -2.12. The fourth-order valence-electron chi connectivity index (χ4n) is 2.88. The molecule has 0 saturated heterocycles. The van der Waals surface area contributed by atoms with Crippen molar-refractivity contribution in [2.45, 2.75) is 19.8 Å². The number of fused-ring (bicyclic) bond motifs is 1. The molecule has 0 atom stereocenters. The maximum atomic E-state index is 12.3. The van der Waals surface area contributed by atoms with Crippen molar-refractivity contribution in [1.82, 2.24) is 4.98 Å². The van der Waals surface area contributed by atoms with Gasteiger partial charge in [-0.15, -0.1) is 11.3 Å². The molecule has 0 bridgehead atoms. The fourth-order valence-corrected chi connectivity index (χ4v) is 3.75. The van der Waals surface area contributed by atoms with Crippen molar-refractivity contribution in [3.05, 3.63) is 40.9 Å². The number of carbonyl (C=O) groups is 1. The van der Waals surface area contributed by atoms with Crippen LogP contribution < -0.4 is 19.5 Å². The third-order valence-electron chi connectivity index (χ3n) is 4.14. The average Bonchev–Trinajstić information content (AvgIpc) is 3.04. The lowest BCUT2D eigenvalue weighted by atomic mass is 10.1. The molecule has 0 unspecified atom stereocenters. The van der Waals surface area contributed by atoms with Crippen LogP contribution in [0.15, 0.2) is 30.3 Å². The second-order valence-electron chi connectivity index (χ2n) is 6.00. The number of hydrogen-bond donors (Lipinski definition) is 1. The second-order valence-corrected chi connectivity index (χ2v) is 7.23. The van der Waals surface area contributed by atoms with Crippen molar-refractivity contribution in [2.75, 3.05) is 26.6 Å². The number of aromatic nitrogens is 1. The molecule has 1 heterocycles. The van der Waals surface area contributed by atoms with Gasteiger partial charge in [-0.05, 0) is 49.2 Å². The Balaban J connectivity index is 1.67. The molecule has 0 aliphatic carbocycles. The van der Waals surface area contributed by atoms with Crippen molar-refractivity contribution >= 4 is 33.1 Å². The number of benzene rings is 2. The van der Waals surface area contributed by atoms with Gasteiger partial charge in [-0.1, -0.05) is 0 Å². The Labute approximate surface area is 162 Å². The van der Waals surface area contributed by atoms with Gasteiger partial charge in [0.15, 0.2) is 11.5 Å². The van der Waals surface area contributed by atoms with E-state index < -0.39 is 0 Å². The Morgan fingerprint density at radius 3 is 2.41 bits per heavy atom. The minimum absolute atomic E-state index is 0.0515. The van der Waals surface area contributed by atoms with E-state index in [-0.39, 0.29) is 5.91 Å². The number of rotatable bonds is 7. The zero-order chi connectivity index (χ0) is 19.4. The van der Waals surface area contributed by atoms with Gasteiger partial charge >= 0.3 is 0 Å². The minimum Gasteiger partial charge on any atom is -0.493 e. The Hall–Kier alpha value is -2.80. The summed E-state index contributed by atoms with van der Waals surface area (Å²) in [6.45, 7) is 1.97. The molecule has 0 aliphatic heterocycles. The lowest BCUT2D eigenvalue weighted by molar-refractivity contribution is -0.116. The highest BCUT2D eigenvalue weighted by atomic mass is 32.1. The van der Waals surface area contributed by atoms with Crippen LogP contribution in [0, 0.1) is 6.92 Å². The van der Waals surface area contributed by atoms with E-state index in [0.29, 0.717) is 30.1 Å². The number of ether oxygens (including phenoxy) is 3. The normalized spacial score (nSPS) is 10.7. The SMILES string of the molecule is COc1cc(CCC(=O)Nc2ccc3nc(C)sc3c2)cc(OC)c1OC. The van der Waals surface area contributed by atoms with Crippen LogP contribution >= 0.6 is 11.3 Å². The van der Waals surface area contributed by atoms with E-state index in [1.165, 1.54) is 0 Å². The molecule has 27 heavy (non-hydrogen) atoms. The first-order chi connectivity index (χ1) is 13.0. The van der Waals surface area contributed by atoms with E-state index in [4.69, 9.17) is 14.2 Å². The van der Waals surface area contributed by atoms with Crippen LogP contribution in [-0.4, -0.2) is 32.2 Å². The molecule has 0 radical (unpaired) electrons. The zero-order valence-corrected chi connectivity index (χ0v) is 16.6. The van der Waals surface area contributed by atoms with Gasteiger partial charge in [0.2, 0.25) is 11.7 Å². The van der Waals surface area contributed by atoms with Gasteiger partial charge in [0.05, 0.1) is 36.6 Å². The molecule has 3 aromatic rings. The Morgan fingerprint density at radius 1 is 1.07 bits per heavy atom. The highest BCUT2D eigenvalue weighted by molar-refractivity contribution is 7.18. The van der Waals surface area contributed by atoms with Crippen LogP contribution in [0.1, 0.15) is 17.0 Å². The smallest absolute Gasteiger partial charge is 0.224 e. The standard InChI is InChI=1S/C20H22N2O4S/c1-12-21-15-7-6-14(11-18(15)27-12)22-19(23)8-5-13-9-16(24-2)20(26-4)17(10-13)25-3/h6-7,9-11H,5,8H2,1-4H3,(H,22,23). The summed E-state index contributed by atoms with van der Waals surface area (Å²) in [5, 5.41) is 3.96. The predicted molar refractivity (Wildman–Crippen MR) is 107 cm³/mol. The summed E-state index contributed by atoms with van der Waals surface area (Å²) < 4.78 is 17.1. The average molecular weight is 386 g/mol. The summed E-state index contributed by atoms with van der Waals surface area (Å²) in [5.74, 6) is 1.65. The molecule has 7 heteroatoms. The fraction of sp³-hybridized carbons (Fsp3) is 0.300. The van der Waals surface area contributed by atoms with Gasteiger partial charge in [0.25, 0.3) is 0 Å². The number of amides is 1. The Bertz CT molecular complexity index is 943. The number of methoxy groups -OCH3 is 3. The molecule has 0 aliphatic rings. The molecule has 6 nitrogen and oxygen atoms in total. The summed E-state index contributed by atoms with van der Waals surface area (Å²) in [4.78, 5) is 16.8. The molecule has 0 fully saturated rings. The maximum absolute atomic E-state index is 12.3. The summed E-state index contributed by atoms with van der Waals surface area (Å²) in [6, 6.07) is 9.48. The van der Waals surface area contributed by atoms with Crippen LogP contribution in [0.3, 0.4) is 0 Å². The topological polar surface area (TPSA) is 69.7 Å². The number of hydrogen-bond acceptors (Lipinski definition) is 6. The molecule has 142 valence electrons. The number of carbonyl (C=O) groups excluding carboxylic acids is 1. The van der Waals surface area contributed by atoms with Gasteiger partial charge in [-0.25, -0.2) is 4.98 Å². The van der Waals surface area contributed by atoms with Crippen LogP contribution in [0.4, 0.5) is 5.69 Å². The maximum Gasteiger partial charge on any atom is 0.224 e. The van der Waals surface area contributed by atoms with Gasteiger partial charge in [0.1, 0.15) is 0 Å². The molecular weight excluding hydrogens is 364 g/mol. The first-order valence-corrected chi connectivity index (χ1v) is 9.31. The van der Waals surface area contributed by atoms with E-state index in [1.54, 1.807) is 32.7 Å². The molecule has 0 spiro atoms. The Kier molecular flexibility index (Phi) is 5.81. The summed E-state index contributed by atoms with van der Waals surface area (Å²) in [6.07, 6.45) is 0.906. The van der Waals surface area contributed by atoms with Gasteiger partial charge in [-0.3, -0.25) is 4.79 Å². The van der Waals surface area contributed by atoms with Crippen LogP contribution in [0.5, 0.6) is 17.2 Å². The van der Waals surface area contributed by atoms with Crippen LogP contribution in [0.25, 0.3) is 10.2 Å². The van der Waals surface area contributed by atoms with Crippen molar-refractivity contribution in [1.29, 1.82) is 0 Å². The minimum atomic E-state index is -0.0515. The summed E-state index contributed by atoms with van der Waals surface area (Å²) in [5.41, 5.74) is 2.67. The molecule has 2 aromatic carbocycles. The van der Waals surface area contributed by atoms with E-state index in [1.807, 2.05) is 37.3 Å². The van der Waals surface area contributed by atoms with E-state index in [2.05, 4.69) is 10.3 Å². The van der Waals surface area contributed by atoms with Crippen molar-refractivity contribution in [3.8, 4) is 17.2 Å². The third-order valence-corrected chi connectivity index (χ3v) is 5.08. The third kappa shape index (κ3) is 4.31. The van der Waals surface area contributed by atoms with Crippen LogP contribution in [-0.2, 0) is 11.2 Å². The zero-order valence-electron chi connectivity index (χ0n) is 15.8.